The van der Waals surface area contributed by atoms with Crippen LogP contribution in [0.4, 0.5) is 0 Å². The summed E-state index contributed by atoms with van der Waals surface area (Å²) in [4.78, 5) is 8.65. The molecule has 0 aliphatic carbocycles. The van der Waals surface area contributed by atoms with Crippen LogP contribution in [0.15, 0.2) is 47.2 Å². The fourth-order valence-corrected chi connectivity index (χ4v) is 1.90. The monoisotopic (exact) mass is 274 g/mol. The van der Waals surface area contributed by atoms with E-state index in [1.165, 1.54) is 0 Å². The second-order valence-corrected chi connectivity index (χ2v) is 4.13. The van der Waals surface area contributed by atoms with Gasteiger partial charge in [0, 0.05) is 12.4 Å². The van der Waals surface area contributed by atoms with Gasteiger partial charge in [-0.15, -0.1) is 5.10 Å². The topological polar surface area (TPSA) is 43.1 Å². The summed E-state index contributed by atoms with van der Waals surface area (Å²) in [6.07, 6.45) is 3.59. The average molecular weight is 275 g/mol. The largest absolute Gasteiger partial charge is 0.253 e. The maximum absolute atomic E-state index is 4.42. The van der Waals surface area contributed by atoms with Gasteiger partial charge in [-0.25, -0.2) is 9.50 Å². The first-order chi connectivity index (χ1) is 7.84. The molecule has 3 rings (SSSR count). The quantitative estimate of drug-likeness (QED) is 0.685. The molecule has 0 aliphatic rings. The van der Waals surface area contributed by atoms with Crippen LogP contribution in [-0.4, -0.2) is 19.6 Å². The summed E-state index contributed by atoms with van der Waals surface area (Å²) >= 11 is 3.44. The molecule has 0 unspecified atom stereocenters. The Morgan fingerprint density at radius 3 is 2.81 bits per heavy atom. The average Bonchev–Trinajstić information content (AvgIpc) is 2.76. The van der Waals surface area contributed by atoms with Gasteiger partial charge in [0.05, 0.1) is 4.47 Å². The van der Waals surface area contributed by atoms with Crippen LogP contribution in [0.3, 0.4) is 0 Å². The Morgan fingerprint density at radius 1 is 1.12 bits per heavy atom. The summed E-state index contributed by atoms with van der Waals surface area (Å²) in [5.74, 6) is 0.632. The van der Waals surface area contributed by atoms with E-state index in [2.05, 4.69) is 31.0 Å². The molecule has 0 N–H and O–H groups in total. The Kier molecular flexibility index (Phi) is 2.18. The van der Waals surface area contributed by atoms with E-state index in [0.29, 0.717) is 5.82 Å². The highest BCUT2D eigenvalue weighted by molar-refractivity contribution is 9.10. The van der Waals surface area contributed by atoms with E-state index in [1.807, 2.05) is 36.5 Å². The minimum atomic E-state index is 0.632. The highest BCUT2D eigenvalue weighted by atomic mass is 79.9. The number of fused-ring (bicyclic) bond motifs is 1. The van der Waals surface area contributed by atoms with Crippen LogP contribution in [0, 0.1) is 0 Å². The minimum Gasteiger partial charge on any atom is -0.253 e. The predicted molar refractivity (Wildman–Crippen MR) is 63.9 cm³/mol. The number of hydrogen-bond acceptors (Lipinski definition) is 3. The molecule has 0 saturated carbocycles. The number of halogens is 1. The SMILES string of the molecule is Brc1cccn2nc(-c3ccccn3)nc12. The molecule has 16 heavy (non-hydrogen) atoms. The van der Waals surface area contributed by atoms with E-state index in [4.69, 9.17) is 0 Å². The van der Waals surface area contributed by atoms with Crippen molar-refractivity contribution in [3.05, 3.63) is 47.2 Å². The minimum absolute atomic E-state index is 0.632. The Labute approximate surface area is 100 Å². The van der Waals surface area contributed by atoms with Gasteiger partial charge in [0.25, 0.3) is 0 Å². The van der Waals surface area contributed by atoms with Crippen LogP contribution >= 0.6 is 15.9 Å². The van der Waals surface area contributed by atoms with Crippen molar-refractivity contribution in [2.24, 2.45) is 0 Å². The third-order valence-electron chi connectivity index (χ3n) is 2.21. The van der Waals surface area contributed by atoms with Gasteiger partial charge < -0.3 is 0 Å². The summed E-state index contributed by atoms with van der Waals surface area (Å²) in [6, 6.07) is 9.53. The van der Waals surface area contributed by atoms with Gasteiger partial charge in [-0.3, -0.25) is 4.98 Å². The van der Waals surface area contributed by atoms with Crippen molar-refractivity contribution in [3.63, 3.8) is 0 Å². The summed E-state index contributed by atoms with van der Waals surface area (Å²) in [5, 5.41) is 4.36. The van der Waals surface area contributed by atoms with E-state index >= 15 is 0 Å². The molecule has 3 aromatic rings. The molecule has 0 atom stereocenters. The van der Waals surface area contributed by atoms with Crippen molar-refractivity contribution < 1.29 is 0 Å². The number of pyridine rings is 2. The Bertz CT molecular complexity index is 633. The summed E-state index contributed by atoms with van der Waals surface area (Å²) < 4.78 is 2.65. The van der Waals surface area contributed by atoms with E-state index in [-0.39, 0.29) is 0 Å². The van der Waals surface area contributed by atoms with Crippen molar-refractivity contribution in [3.8, 4) is 11.5 Å². The molecular formula is C11H7BrN4. The molecule has 5 heteroatoms. The molecule has 0 aromatic carbocycles. The van der Waals surface area contributed by atoms with Crippen LogP contribution in [0.5, 0.6) is 0 Å². The van der Waals surface area contributed by atoms with E-state index in [9.17, 15) is 0 Å². The highest BCUT2D eigenvalue weighted by Gasteiger charge is 2.08. The lowest BCUT2D eigenvalue weighted by molar-refractivity contribution is 0.959. The molecule has 4 nitrogen and oxygen atoms in total. The Balaban J connectivity index is 2.23. The van der Waals surface area contributed by atoms with Gasteiger partial charge in [-0.1, -0.05) is 6.07 Å². The standard InChI is InChI=1S/C11H7BrN4/c12-8-4-3-7-16-11(8)14-10(15-16)9-5-1-2-6-13-9/h1-7H. The molecule has 0 spiro atoms. The second-order valence-electron chi connectivity index (χ2n) is 3.27. The lowest BCUT2D eigenvalue weighted by Gasteiger charge is -1.90. The smallest absolute Gasteiger partial charge is 0.200 e. The van der Waals surface area contributed by atoms with E-state index < -0.39 is 0 Å². The van der Waals surface area contributed by atoms with Crippen LogP contribution < -0.4 is 0 Å². The summed E-state index contributed by atoms with van der Waals surface area (Å²) in [7, 11) is 0. The van der Waals surface area contributed by atoms with Gasteiger partial charge in [0.2, 0.25) is 5.82 Å². The normalized spacial score (nSPS) is 10.8. The van der Waals surface area contributed by atoms with Crippen molar-refractivity contribution >= 4 is 21.6 Å². The number of aromatic nitrogens is 4. The lowest BCUT2D eigenvalue weighted by Crippen LogP contribution is -1.87. The highest BCUT2D eigenvalue weighted by Crippen LogP contribution is 2.19. The van der Waals surface area contributed by atoms with E-state index in [0.717, 1.165) is 15.8 Å². The number of hydrogen-bond donors (Lipinski definition) is 0. The van der Waals surface area contributed by atoms with Crippen LogP contribution in [0.1, 0.15) is 0 Å². The van der Waals surface area contributed by atoms with Crippen LogP contribution in [0.2, 0.25) is 0 Å². The van der Waals surface area contributed by atoms with Gasteiger partial charge in [-0.2, -0.15) is 0 Å². The van der Waals surface area contributed by atoms with Crippen molar-refractivity contribution in [1.82, 2.24) is 19.6 Å². The Morgan fingerprint density at radius 2 is 2.06 bits per heavy atom. The van der Waals surface area contributed by atoms with Gasteiger partial charge in [0.15, 0.2) is 5.65 Å². The van der Waals surface area contributed by atoms with Crippen molar-refractivity contribution in [2.45, 2.75) is 0 Å². The summed E-state index contributed by atoms with van der Waals surface area (Å²) in [5.41, 5.74) is 1.57. The molecule has 0 fully saturated rings. The molecule has 0 radical (unpaired) electrons. The zero-order chi connectivity index (χ0) is 11.0. The maximum Gasteiger partial charge on any atom is 0.200 e. The van der Waals surface area contributed by atoms with Crippen molar-refractivity contribution in [1.29, 1.82) is 0 Å². The third kappa shape index (κ3) is 1.49. The zero-order valence-electron chi connectivity index (χ0n) is 8.21. The number of nitrogens with zero attached hydrogens (tertiary/aromatic N) is 4. The van der Waals surface area contributed by atoms with Crippen LogP contribution in [0.25, 0.3) is 17.2 Å². The molecule has 0 amide bonds. The molecule has 0 bridgehead atoms. The first kappa shape index (κ1) is 9.47. The fourth-order valence-electron chi connectivity index (χ4n) is 1.48. The molecular weight excluding hydrogens is 268 g/mol. The third-order valence-corrected chi connectivity index (χ3v) is 2.83. The number of rotatable bonds is 1. The van der Waals surface area contributed by atoms with Gasteiger partial charge in [0.1, 0.15) is 5.69 Å². The fraction of sp³-hybridized carbons (Fsp3) is 0. The molecule has 78 valence electrons. The maximum atomic E-state index is 4.42. The second kappa shape index (κ2) is 3.68. The first-order valence-corrected chi connectivity index (χ1v) is 5.56. The van der Waals surface area contributed by atoms with Crippen molar-refractivity contribution in [2.75, 3.05) is 0 Å². The van der Waals surface area contributed by atoms with E-state index in [1.54, 1.807) is 10.7 Å². The molecule has 3 heterocycles. The molecule has 3 aromatic heterocycles. The molecule has 0 saturated heterocycles. The predicted octanol–water partition coefficient (Wildman–Crippen LogP) is 2.55. The Hall–Kier alpha value is -1.75. The van der Waals surface area contributed by atoms with Gasteiger partial charge in [-0.05, 0) is 40.2 Å². The van der Waals surface area contributed by atoms with Crippen LogP contribution in [-0.2, 0) is 0 Å². The summed E-state index contributed by atoms with van der Waals surface area (Å²) in [6.45, 7) is 0. The lowest BCUT2D eigenvalue weighted by atomic mass is 10.3. The first-order valence-electron chi connectivity index (χ1n) is 4.77. The zero-order valence-corrected chi connectivity index (χ0v) is 9.79. The molecule has 0 aliphatic heterocycles. The van der Waals surface area contributed by atoms with Gasteiger partial charge >= 0.3 is 0 Å².